The molecule has 0 aromatic carbocycles. The number of carbonyl (C=O) groups is 2. The molecule has 2 rings (SSSR count). The highest BCUT2D eigenvalue weighted by atomic mass is 32.1. The summed E-state index contributed by atoms with van der Waals surface area (Å²) in [6.45, 7) is 3.43. The minimum Gasteiger partial charge on any atom is -0.352 e. The Labute approximate surface area is 117 Å². The largest absolute Gasteiger partial charge is 0.352 e. The normalized spacial score (nSPS) is 19.0. The van der Waals surface area contributed by atoms with Crippen molar-refractivity contribution in [3.63, 3.8) is 0 Å². The molecule has 1 unspecified atom stereocenters. The lowest BCUT2D eigenvalue weighted by molar-refractivity contribution is -0.119. The van der Waals surface area contributed by atoms with Gasteiger partial charge in [-0.2, -0.15) is 0 Å². The zero-order valence-corrected chi connectivity index (χ0v) is 11.8. The number of carbonyl (C=O) groups excluding carboxylic acids is 2. The van der Waals surface area contributed by atoms with Gasteiger partial charge in [-0.15, -0.1) is 11.3 Å². The van der Waals surface area contributed by atoms with Crippen molar-refractivity contribution in [3.8, 4) is 0 Å². The Hall–Kier alpha value is -1.56. The first kappa shape index (κ1) is 13.9. The van der Waals surface area contributed by atoms with E-state index in [-0.39, 0.29) is 18.0 Å². The van der Waals surface area contributed by atoms with Crippen LogP contribution >= 0.6 is 11.3 Å². The highest BCUT2D eigenvalue weighted by Crippen LogP contribution is 2.11. The number of amides is 3. The summed E-state index contributed by atoms with van der Waals surface area (Å²) in [5, 5.41) is 7.79. The number of rotatable bonds is 3. The van der Waals surface area contributed by atoms with E-state index in [4.69, 9.17) is 0 Å². The van der Waals surface area contributed by atoms with E-state index in [9.17, 15) is 9.59 Å². The molecule has 0 saturated carbocycles. The molecular weight excluding hydrogens is 262 g/mol. The van der Waals surface area contributed by atoms with Crippen molar-refractivity contribution in [2.75, 3.05) is 13.1 Å². The summed E-state index contributed by atoms with van der Waals surface area (Å²) >= 11 is 1.63. The van der Waals surface area contributed by atoms with Crippen LogP contribution < -0.4 is 10.6 Å². The van der Waals surface area contributed by atoms with Gasteiger partial charge in [0.15, 0.2) is 0 Å². The molecule has 1 fully saturated rings. The maximum Gasteiger partial charge on any atom is 0.317 e. The van der Waals surface area contributed by atoms with E-state index in [1.54, 1.807) is 16.2 Å². The lowest BCUT2D eigenvalue weighted by Gasteiger charge is -2.32. The van der Waals surface area contributed by atoms with Crippen molar-refractivity contribution in [2.24, 2.45) is 0 Å². The molecule has 1 atom stereocenters. The van der Waals surface area contributed by atoms with E-state index in [0.29, 0.717) is 13.1 Å². The van der Waals surface area contributed by atoms with Crippen LogP contribution in [0.3, 0.4) is 0 Å². The summed E-state index contributed by atoms with van der Waals surface area (Å²) in [5.74, 6) is -0.0363. The van der Waals surface area contributed by atoms with Crippen LogP contribution in [0.25, 0.3) is 0 Å². The third-order valence-corrected chi connectivity index (χ3v) is 3.99. The van der Waals surface area contributed by atoms with Crippen molar-refractivity contribution < 1.29 is 9.59 Å². The van der Waals surface area contributed by atoms with Crippen molar-refractivity contribution in [1.82, 2.24) is 15.5 Å². The van der Waals surface area contributed by atoms with Gasteiger partial charge in [-0.1, -0.05) is 6.07 Å². The predicted octanol–water partition coefficient (Wildman–Crippen LogP) is 1.56. The number of nitrogens with zero attached hydrogens (tertiary/aromatic N) is 1. The van der Waals surface area contributed by atoms with Gasteiger partial charge in [0.1, 0.15) is 0 Å². The molecule has 0 aliphatic carbocycles. The minimum absolute atomic E-state index is 0.0363. The second-order valence-corrected chi connectivity index (χ2v) is 5.76. The Morgan fingerprint density at radius 1 is 1.53 bits per heavy atom. The van der Waals surface area contributed by atoms with Gasteiger partial charge >= 0.3 is 6.03 Å². The SMILES string of the molecule is CC(=O)NC1CCCN(C(=O)NCc2cccs2)C1. The molecule has 1 aliphatic heterocycles. The van der Waals surface area contributed by atoms with Gasteiger partial charge < -0.3 is 15.5 Å². The van der Waals surface area contributed by atoms with Crippen LogP contribution in [0.5, 0.6) is 0 Å². The molecule has 2 N–H and O–H groups in total. The standard InChI is InChI=1S/C13H19N3O2S/c1-10(17)15-11-4-2-6-16(9-11)13(18)14-8-12-5-3-7-19-12/h3,5,7,11H,2,4,6,8-9H2,1H3,(H,14,18)(H,15,17). The van der Waals surface area contributed by atoms with E-state index < -0.39 is 0 Å². The zero-order valence-electron chi connectivity index (χ0n) is 11.0. The van der Waals surface area contributed by atoms with Crippen LogP contribution in [-0.4, -0.2) is 36.0 Å². The Bertz CT molecular complexity index is 433. The molecular formula is C13H19N3O2S. The molecule has 6 heteroatoms. The molecule has 104 valence electrons. The second kappa shape index (κ2) is 6.56. The van der Waals surface area contributed by atoms with Gasteiger partial charge in [0.05, 0.1) is 6.54 Å². The summed E-state index contributed by atoms with van der Waals surface area (Å²) in [5.41, 5.74) is 0. The maximum atomic E-state index is 12.0. The Balaban J connectivity index is 1.79. The highest BCUT2D eigenvalue weighted by Gasteiger charge is 2.23. The number of thiophene rings is 1. The van der Waals surface area contributed by atoms with E-state index in [2.05, 4.69) is 10.6 Å². The molecule has 0 radical (unpaired) electrons. The third-order valence-electron chi connectivity index (χ3n) is 3.11. The number of likely N-dealkylation sites (tertiary alicyclic amines) is 1. The van der Waals surface area contributed by atoms with Gasteiger partial charge in [0.2, 0.25) is 5.91 Å². The Kier molecular flexibility index (Phi) is 4.79. The summed E-state index contributed by atoms with van der Waals surface area (Å²) in [6, 6.07) is 4.00. The van der Waals surface area contributed by atoms with Crippen LogP contribution in [0.2, 0.25) is 0 Å². The summed E-state index contributed by atoms with van der Waals surface area (Å²) in [6.07, 6.45) is 1.87. The predicted molar refractivity (Wildman–Crippen MR) is 75.0 cm³/mol. The van der Waals surface area contributed by atoms with E-state index >= 15 is 0 Å². The smallest absolute Gasteiger partial charge is 0.317 e. The number of nitrogens with one attached hydrogen (secondary N) is 2. The number of piperidine rings is 1. The number of hydrogen-bond acceptors (Lipinski definition) is 3. The zero-order chi connectivity index (χ0) is 13.7. The van der Waals surface area contributed by atoms with Crippen LogP contribution in [0.15, 0.2) is 17.5 Å². The van der Waals surface area contributed by atoms with Gasteiger partial charge in [0, 0.05) is 30.9 Å². The summed E-state index contributed by atoms with van der Waals surface area (Å²) < 4.78 is 0. The van der Waals surface area contributed by atoms with Gasteiger partial charge in [-0.05, 0) is 24.3 Å². The molecule has 3 amide bonds. The lowest BCUT2D eigenvalue weighted by atomic mass is 10.1. The number of urea groups is 1. The molecule has 1 aromatic heterocycles. The molecule has 19 heavy (non-hydrogen) atoms. The van der Waals surface area contributed by atoms with E-state index in [0.717, 1.165) is 24.3 Å². The monoisotopic (exact) mass is 281 g/mol. The Morgan fingerprint density at radius 3 is 3.05 bits per heavy atom. The van der Waals surface area contributed by atoms with Crippen molar-refractivity contribution in [2.45, 2.75) is 32.4 Å². The third kappa shape index (κ3) is 4.24. The quantitative estimate of drug-likeness (QED) is 0.883. The fraction of sp³-hybridized carbons (Fsp3) is 0.538. The van der Waals surface area contributed by atoms with Gasteiger partial charge in [-0.3, -0.25) is 4.79 Å². The highest BCUT2D eigenvalue weighted by molar-refractivity contribution is 7.09. The van der Waals surface area contributed by atoms with Crippen LogP contribution in [0.4, 0.5) is 4.79 Å². The van der Waals surface area contributed by atoms with Crippen molar-refractivity contribution in [1.29, 1.82) is 0 Å². The fourth-order valence-corrected chi connectivity index (χ4v) is 2.90. The minimum atomic E-state index is -0.0524. The van der Waals surface area contributed by atoms with Gasteiger partial charge in [-0.25, -0.2) is 4.79 Å². The molecule has 1 aromatic rings. The maximum absolute atomic E-state index is 12.0. The average Bonchev–Trinajstić information content (AvgIpc) is 2.88. The second-order valence-electron chi connectivity index (χ2n) is 4.72. The first-order valence-electron chi connectivity index (χ1n) is 6.47. The summed E-state index contributed by atoms with van der Waals surface area (Å²) in [7, 11) is 0. The first-order valence-corrected chi connectivity index (χ1v) is 7.35. The average molecular weight is 281 g/mol. The topological polar surface area (TPSA) is 61.4 Å². The van der Waals surface area contributed by atoms with Crippen LogP contribution in [0.1, 0.15) is 24.6 Å². The van der Waals surface area contributed by atoms with E-state index in [1.165, 1.54) is 6.92 Å². The number of hydrogen-bond donors (Lipinski definition) is 2. The lowest BCUT2D eigenvalue weighted by Crippen LogP contribution is -2.51. The Morgan fingerprint density at radius 2 is 2.37 bits per heavy atom. The first-order chi connectivity index (χ1) is 9.15. The molecule has 0 spiro atoms. The summed E-state index contributed by atoms with van der Waals surface area (Å²) in [4.78, 5) is 26.0. The van der Waals surface area contributed by atoms with Crippen LogP contribution in [-0.2, 0) is 11.3 Å². The van der Waals surface area contributed by atoms with Crippen molar-refractivity contribution in [3.05, 3.63) is 22.4 Å². The van der Waals surface area contributed by atoms with Gasteiger partial charge in [0.25, 0.3) is 0 Å². The molecule has 0 bridgehead atoms. The molecule has 1 saturated heterocycles. The molecule has 5 nitrogen and oxygen atoms in total. The molecule has 2 heterocycles. The molecule has 1 aliphatic rings. The van der Waals surface area contributed by atoms with Crippen LogP contribution in [0, 0.1) is 0 Å². The van der Waals surface area contributed by atoms with Crippen molar-refractivity contribution >= 4 is 23.3 Å². The van der Waals surface area contributed by atoms with E-state index in [1.807, 2.05) is 17.5 Å². The fourth-order valence-electron chi connectivity index (χ4n) is 2.25.